The fourth-order valence-corrected chi connectivity index (χ4v) is 1.02. The number of halogens is 1. The maximum absolute atomic E-state index is 10.6. The maximum atomic E-state index is 10.6. The molecule has 0 amide bonds. The van der Waals surface area contributed by atoms with E-state index >= 15 is 0 Å². The Morgan fingerprint density at radius 2 is 1.73 bits per heavy atom. The van der Waals surface area contributed by atoms with Gasteiger partial charge in [-0.1, -0.05) is 11.6 Å². The van der Waals surface area contributed by atoms with E-state index in [2.05, 4.69) is 14.7 Å². The second-order valence-electron chi connectivity index (χ2n) is 2.33. The number of ether oxygens (including phenoxy) is 1. The Bertz CT molecular complexity index is 434. The second kappa shape index (κ2) is 4.09. The highest BCUT2D eigenvalue weighted by molar-refractivity contribution is 6.32. The molecule has 0 atom stereocenters. The number of hydrogen-bond donors (Lipinski definition) is 2. The molecule has 8 heteroatoms. The van der Waals surface area contributed by atoms with Gasteiger partial charge in [-0.05, 0) is 0 Å². The molecule has 0 radical (unpaired) electrons. The van der Waals surface area contributed by atoms with Gasteiger partial charge in [0.1, 0.15) is 0 Å². The fourth-order valence-electron chi connectivity index (χ4n) is 0.818. The quantitative estimate of drug-likeness (QED) is 0.782. The fraction of sp³-hybridized carbons (Fsp3) is 0.143. The lowest BCUT2D eigenvalue weighted by Crippen LogP contribution is -2.12. The summed E-state index contributed by atoms with van der Waals surface area (Å²) in [4.78, 5) is 28.0. The Balaban J connectivity index is 3.43. The summed E-state index contributed by atoms with van der Waals surface area (Å²) < 4.78 is 4.59. The first-order valence-corrected chi connectivity index (χ1v) is 3.93. The molecule has 2 N–H and O–H groups in total. The minimum Gasteiger partial charge on any atom is -0.479 e. The topological polar surface area (TPSA) is 110 Å². The SMILES string of the molecule is COc1nc(Cl)c(C(=O)O)nc1C(=O)O. The predicted octanol–water partition coefficient (Wildman–Crippen LogP) is 0.535. The highest BCUT2D eigenvalue weighted by Crippen LogP contribution is 2.19. The molecule has 1 heterocycles. The lowest BCUT2D eigenvalue weighted by atomic mass is 10.4. The average Bonchev–Trinajstić information content (AvgIpc) is 2.16. The minimum atomic E-state index is -1.46. The Morgan fingerprint density at radius 1 is 1.20 bits per heavy atom. The van der Waals surface area contributed by atoms with Crippen molar-refractivity contribution < 1.29 is 24.5 Å². The van der Waals surface area contributed by atoms with Crippen LogP contribution in [0.5, 0.6) is 5.88 Å². The van der Waals surface area contributed by atoms with Crippen molar-refractivity contribution in [1.29, 1.82) is 0 Å². The van der Waals surface area contributed by atoms with Gasteiger partial charge in [-0.15, -0.1) is 0 Å². The summed E-state index contributed by atoms with van der Waals surface area (Å²) >= 11 is 5.45. The van der Waals surface area contributed by atoms with Gasteiger partial charge in [-0.25, -0.2) is 14.6 Å². The van der Waals surface area contributed by atoms with E-state index in [1.165, 1.54) is 7.11 Å². The molecule has 0 spiro atoms. The molecule has 0 aliphatic carbocycles. The molecule has 1 aromatic rings. The highest BCUT2D eigenvalue weighted by Gasteiger charge is 2.21. The van der Waals surface area contributed by atoms with E-state index in [-0.39, 0.29) is 5.88 Å². The average molecular weight is 233 g/mol. The van der Waals surface area contributed by atoms with Crippen molar-refractivity contribution in [2.75, 3.05) is 7.11 Å². The summed E-state index contributed by atoms with van der Waals surface area (Å²) in [7, 11) is 1.17. The van der Waals surface area contributed by atoms with Gasteiger partial charge < -0.3 is 14.9 Å². The van der Waals surface area contributed by atoms with E-state index in [0.717, 1.165) is 0 Å². The molecule has 1 rings (SSSR count). The normalized spacial score (nSPS) is 9.73. The molecule has 1 aromatic heterocycles. The molecule has 15 heavy (non-hydrogen) atoms. The zero-order valence-electron chi connectivity index (χ0n) is 7.39. The summed E-state index contributed by atoms with van der Waals surface area (Å²) in [5, 5.41) is 16.9. The summed E-state index contributed by atoms with van der Waals surface area (Å²) in [6.07, 6.45) is 0. The molecule has 0 saturated carbocycles. The molecule has 0 aromatic carbocycles. The lowest BCUT2D eigenvalue weighted by molar-refractivity contribution is 0.0680. The van der Waals surface area contributed by atoms with Crippen LogP contribution >= 0.6 is 11.6 Å². The van der Waals surface area contributed by atoms with Gasteiger partial charge in [0, 0.05) is 0 Å². The summed E-state index contributed by atoms with van der Waals surface area (Å²) in [5.74, 6) is -3.24. The van der Waals surface area contributed by atoms with Crippen LogP contribution < -0.4 is 4.74 Å². The van der Waals surface area contributed by atoms with E-state index in [9.17, 15) is 9.59 Å². The Labute approximate surface area is 88.3 Å². The number of aromatic nitrogens is 2. The van der Waals surface area contributed by atoms with E-state index in [0.29, 0.717) is 0 Å². The number of carboxylic acids is 2. The first kappa shape index (κ1) is 11.2. The number of rotatable bonds is 3. The van der Waals surface area contributed by atoms with Crippen LogP contribution in [-0.2, 0) is 0 Å². The zero-order valence-corrected chi connectivity index (χ0v) is 8.15. The van der Waals surface area contributed by atoms with Crippen LogP contribution in [0.25, 0.3) is 0 Å². The van der Waals surface area contributed by atoms with Crippen molar-refractivity contribution in [2.45, 2.75) is 0 Å². The predicted molar refractivity (Wildman–Crippen MR) is 47.5 cm³/mol. The minimum absolute atomic E-state index is 0.336. The Kier molecular flexibility index (Phi) is 3.05. The van der Waals surface area contributed by atoms with Crippen LogP contribution in [0.4, 0.5) is 0 Å². The maximum Gasteiger partial charge on any atom is 0.360 e. The van der Waals surface area contributed by atoms with Gasteiger partial charge in [0.25, 0.3) is 0 Å². The van der Waals surface area contributed by atoms with Crippen LogP contribution in [-0.4, -0.2) is 39.2 Å². The van der Waals surface area contributed by atoms with Gasteiger partial charge in [0.05, 0.1) is 7.11 Å². The van der Waals surface area contributed by atoms with Crippen LogP contribution in [0.3, 0.4) is 0 Å². The molecule has 0 aliphatic rings. The van der Waals surface area contributed by atoms with Gasteiger partial charge >= 0.3 is 11.9 Å². The molecule has 0 saturated heterocycles. The van der Waals surface area contributed by atoms with Crippen LogP contribution in [0.2, 0.25) is 5.15 Å². The molecule has 0 bridgehead atoms. The van der Waals surface area contributed by atoms with Crippen molar-refractivity contribution in [3.63, 3.8) is 0 Å². The number of nitrogens with zero attached hydrogens (tertiary/aromatic N) is 2. The lowest BCUT2D eigenvalue weighted by Gasteiger charge is -2.04. The number of carbonyl (C=O) groups is 2. The van der Waals surface area contributed by atoms with Crippen molar-refractivity contribution in [2.24, 2.45) is 0 Å². The van der Waals surface area contributed by atoms with Crippen LogP contribution in [0.1, 0.15) is 21.0 Å². The van der Waals surface area contributed by atoms with Crippen molar-refractivity contribution >= 4 is 23.5 Å². The zero-order chi connectivity index (χ0) is 11.6. The first-order chi connectivity index (χ1) is 6.97. The molecule has 0 fully saturated rings. The standard InChI is InChI=1S/C7H5ClN2O5/c1-15-5-3(7(13)14)9-2(6(11)12)4(8)10-5/h1H3,(H,11,12)(H,13,14). The van der Waals surface area contributed by atoms with Crippen LogP contribution in [0, 0.1) is 0 Å². The molecule has 80 valence electrons. The molecular weight excluding hydrogens is 228 g/mol. The molecular formula is C7H5ClN2O5. The highest BCUT2D eigenvalue weighted by atomic mass is 35.5. The van der Waals surface area contributed by atoms with Gasteiger partial charge in [-0.3, -0.25) is 0 Å². The number of carboxylic acid groups (broad SMARTS) is 2. The van der Waals surface area contributed by atoms with E-state index in [4.69, 9.17) is 21.8 Å². The summed E-state index contributed by atoms with van der Waals surface area (Å²) in [6.45, 7) is 0. The molecule has 7 nitrogen and oxygen atoms in total. The number of aromatic carboxylic acids is 2. The van der Waals surface area contributed by atoms with Crippen LogP contribution in [0.15, 0.2) is 0 Å². The Hall–Kier alpha value is -1.89. The van der Waals surface area contributed by atoms with E-state index in [1.54, 1.807) is 0 Å². The van der Waals surface area contributed by atoms with Crippen molar-refractivity contribution in [1.82, 2.24) is 9.97 Å². The van der Waals surface area contributed by atoms with Gasteiger partial charge in [0.15, 0.2) is 10.8 Å². The van der Waals surface area contributed by atoms with E-state index in [1.807, 2.05) is 0 Å². The number of methoxy groups -OCH3 is 1. The second-order valence-corrected chi connectivity index (χ2v) is 2.69. The largest absolute Gasteiger partial charge is 0.479 e. The third-order valence-corrected chi connectivity index (χ3v) is 1.68. The monoisotopic (exact) mass is 232 g/mol. The third-order valence-electron chi connectivity index (χ3n) is 1.42. The number of hydrogen-bond acceptors (Lipinski definition) is 5. The van der Waals surface area contributed by atoms with E-state index < -0.39 is 28.5 Å². The van der Waals surface area contributed by atoms with Gasteiger partial charge in [-0.2, -0.15) is 4.98 Å². The van der Waals surface area contributed by atoms with Crippen molar-refractivity contribution in [3.8, 4) is 5.88 Å². The first-order valence-electron chi connectivity index (χ1n) is 3.55. The van der Waals surface area contributed by atoms with Crippen molar-refractivity contribution in [3.05, 3.63) is 16.5 Å². The summed E-state index contributed by atoms with van der Waals surface area (Å²) in [5.41, 5.74) is -1.23. The van der Waals surface area contributed by atoms with Gasteiger partial charge in [0.2, 0.25) is 11.6 Å². The third kappa shape index (κ3) is 2.13. The summed E-state index contributed by atoms with van der Waals surface area (Å²) in [6, 6.07) is 0. The smallest absolute Gasteiger partial charge is 0.360 e. The molecule has 0 aliphatic heterocycles. The Morgan fingerprint density at radius 3 is 2.13 bits per heavy atom. The molecule has 0 unspecified atom stereocenters.